The number of sulfonamides is 1. The van der Waals surface area contributed by atoms with Crippen LogP contribution in [0.5, 0.6) is 0 Å². The third kappa shape index (κ3) is 2.55. The summed E-state index contributed by atoms with van der Waals surface area (Å²) < 4.78 is 28.8. The highest BCUT2D eigenvalue weighted by Gasteiger charge is 2.35. The van der Waals surface area contributed by atoms with E-state index in [0.29, 0.717) is 5.69 Å². The first kappa shape index (κ1) is 13.2. The SMILES string of the molecule is O=S(=O)(Nc1cccc(-c2cn3c(n2)SCC3)c1)C1CC1. The molecule has 5 nitrogen and oxygen atoms in total. The van der Waals surface area contributed by atoms with Crippen LogP contribution < -0.4 is 4.72 Å². The van der Waals surface area contributed by atoms with Crippen LogP contribution in [0.4, 0.5) is 5.69 Å². The number of benzene rings is 1. The van der Waals surface area contributed by atoms with E-state index in [1.165, 1.54) is 0 Å². The van der Waals surface area contributed by atoms with Gasteiger partial charge in [0.05, 0.1) is 10.9 Å². The molecule has 2 aliphatic rings. The molecule has 1 aliphatic heterocycles. The molecule has 0 bridgehead atoms. The zero-order chi connectivity index (χ0) is 14.4. The Morgan fingerprint density at radius 1 is 1.33 bits per heavy atom. The summed E-state index contributed by atoms with van der Waals surface area (Å²) in [4.78, 5) is 4.59. The lowest BCUT2D eigenvalue weighted by molar-refractivity contribution is 0.600. The number of hydrogen-bond acceptors (Lipinski definition) is 4. The van der Waals surface area contributed by atoms with Gasteiger partial charge in [0.25, 0.3) is 0 Å². The van der Waals surface area contributed by atoms with E-state index in [-0.39, 0.29) is 5.25 Å². The van der Waals surface area contributed by atoms with Gasteiger partial charge in [-0.3, -0.25) is 4.72 Å². The molecule has 7 heteroatoms. The highest BCUT2D eigenvalue weighted by molar-refractivity contribution is 7.99. The quantitative estimate of drug-likeness (QED) is 0.940. The normalized spacial score (nSPS) is 17.7. The largest absolute Gasteiger partial charge is 0.325 e. The minimum absolute atomic E-state index is 0.214. The number of thioether (sulfide) groups is 1. The number of nitrogens with one attached hydrogen (secondary N) is 1. The number of imidazole rings is 1. The van der Waals surface area contributed by atoms with Crippen molar-refractivity contribution in [2.75, 3.05) is 10.5 Å². The Bertz CT molecular complexity index is 773. The molecule has 1 aliphatic carbocycles. The van der Waals surface area contributed by atoms with Crippen molar-refractivity contribution in [2.45, 2.75) is 29.8 Å². The maximum Gasteiger partial charge on any atom is 0.235 e. The molecular formula is C14H15N3O2S2. The zero-order valence-electron chi connectivity index (χ0n) is 11.3. The molecule has 0 spiro atoms. The smallest absolute Gasteiger partial charge is 0.235 e. The van der Waals surface area contributed by atoms with Crippen LogP contribution in [-0.4, -0.2) is 29.0 Å². The van der Waals surface area contributed by atoms with E-state index in [1.54, 1.807) is 17.8 Å². The molecule has 1 N–H and O–H groups in total. The maximum atomic E-state index is 12.0. The topological polar surface area (TPSA) is 64.0 Å². The number of hydrogen-bond donors (Lipinski definition) is 1. The highest BCUT2D eigenvalue weighted by atomic mass is 32.2. The number of nitrogens with zero attached hydrogens (tertiary/aromatic N) is 2. The fraction of sp³-hybridized carbons (Fsp3) is 0.357. The van der Waals surface area contributed by atoms with Gasteiger partial charge in [-0.1, -0.05) is 23.9 Å². The molecule has 1 fully saturated rings. The highest BCUT2D eigenvalue weighted by Crippen LogP contribution is 2.32. The Labute approximate surface area is 127 Å². The molecule has 0 saturated heterocycles. The van der Waals surface area contributed by atoms with Crippen LogP contribution >= 0.6 is 11.8 Å². The van der Waals surface area contributed by atoms with Crippen molar-refractivity contribution in [3.63, 3.8) is 0 Å². The van der Waals surface area contributed by atoms with Crippen LogP contribution in [0.1, 0.15) is 12.8 Å². The van der Waals surface area contributed by atoms with E-state index in [0.717, 1.165) is 41.6 Å². The number of fused-ring (bicyclic) bond motifs is 1. The van der Waals surface area contributed by atoms with Crippen LogP contribution in [0, 0.1) is 0 Å². The van der Waals surface area contributed by atoms with Gasteiger partial charge in [0.2, 0.25) is 10.0 Å². The lowest BCUT2D eigenvalue weighted by Crippen LogP contribution is -2.17. The van der Waals surface area contributed by atoms with Crippen molar-refractivity contribution in [1.29, 1.82) is 0 Å². The Balaban J connectivity index is 1.63. The summed E-state index contributed by atoms with van der Waals surface area (Å²) in [6.45, 7) is 0.987. The van der Waals surface area contributed by atoms with Crippen LogP contribution in [0.3, 0.4) is 0 Å². The van der Waals surface area contributed by atoms with E-state index in [9.17, 15) is 8.42 Å². The van der Waals surface area contributed by atoms with Crippen LogP contribution in [-0.2, 0) is 16.6 Å². The molecule has 1 saturated carbocycles. The van der Waals surface area contributed by atoms with E-state index < -0.39 is 10.0 Å². The van der Waals surface area contributed by atoms with E-state index in [4.69, 9.17) is 0 Å². The van der Waals surface area contributed by atoms with Crippen molar-refractivity contribution in [1.82, 2.24) is 9.55 Å². The molecule has 0 unspecified atom stereocenters. The molecule has 0 atom stereocenters. The van der Waals surface area contributed by atoms with Gasteiger partial charge in [0.1, 0.15) is 0 Å². The molecule has 0 amide bonds. The molecule has 21 heavy (non-hydrogen) atoms. The van der Waals surface area contributed by atoms with Gasteiger partial charge in [0, 0.05) is 29.7 Å². The zero-order valence-corrected chi connectivity index (χ0v) is 13.0. The Morgan fingerprint density at radius 2 is 2.19 bits per heavy atom. The summed E-state index contributed by atoms with van der Waals surface area (Å²) in [5.74, 6) is 1.07. The predicted octanol–water partition coefficient (Wildman–Crippen LogP) is 2.56. The fourth-order valence-corrected chi connectivity index (χ4v) is 4.74. The Morgan fingerprint density at radius 3 is 2.95 bits per heavy atom. The average molecular weight is 321 g/mol. The molecule has 2 aromatic rings. The Hall–Kier alpha value is -1.47. The summed E-state index contributed by atoms with van der Waals surface area (Å²) in [7, 11) is -3.22. The third-order valence-electron chi connectivity index (χ3n) is 3.68. The molecule has 110 valence electrons. The molecule has 2 heterocycles. The minimum atomic E-state index is -3.22. The number of rotatable bonds is 4. The second kappa shape index (κ2) is 4.78. The maximum absolute atomic E-state index is 12.0. The predicted molar refractivity (Wildman–Crippen MR) is 84.0 cm³/mol. The van der Waals surface area contributed by atoms with Gasteiger partial charge >= 0.3 is 0 Å². The van der Waals surface area contributed by atoms with Gasteiger partial charge in [-0.05, 0) is 25.0 Å². The van der Waals surface area contributed by atoms with Crippen molar-refractivity contribution in [3.8, 4) is 11.3 Å². The van der Waals surface area contributed by atoms with E-state index in [2.05, 4.69) is 14.3 Å². The van der Waals surface area contributed by atoms with Crippen LogP contribution in [0.15, 0.2) is 35.6 Å². The molecule has 0 radical (unpaired) electrons. The van der Waals surface area contributed by atoms with Crippen LogP contribution in [0.25, 0.3) is 11.3 Å². The van der Waals surface area contributed by atoms with Crippen molar-refractivity contribution < 1.29 is 8.42 Å². The van der Waals surface area contributed by atoms with Gasteiger partial charge in [-0.15, -0.1) is 0 Å². The van der Waals surface area contributed by atoms with Crippen molar-refractivity contribution in [3.05, 3.63) is 30.5 Å². The van der Waals surface area contributed by atoms with E-state index in [1.807, 2.05) is 24.4 Å². The summed E-state index contributed by atoms with van der Waals surface area (Å²) >= 11 is 1.75. The lowest BCUT2D eigenvalue weighted by atomic mass is 10.1. The molecule has 1 aromatic carbocycles. The number of aryl methyl sites for hydroxylation is 1. The van der Waals surface area contributed by atoms with Crippen molar-refractivity contribution in [2.24, 2.45) is 0 Å². The standard InChI is InChI=1S/C14H15N3O2S2/c18-21(19,12-4-5-12)16-11-3-1-2-10(8-11)13-9-17-6-7-20-14(17)15-13/h1-3,8-9,12,16H,4-7H2. The first-order valence-electron chi connectivity index (χ1n) is 6.94. The van der Waals surface area contributed by atoms with Gasteiger partial charge in [-0.2, -0.15) is 0 Å². The summed E-state index contributed by atoms with van der Waals surface area (Å²) in [5.41, 5.74) is 2.44. The summed E-state index contributed by atoms with van der Waals surface area (Å²) in [6, 6.07) is 7.44. The second-order valence-electron chi connectivity index (χ2n) is 5.38. The number of aromatic nitrogens is 2. The summed E-state index contributed by atoms with van der Waals surface area (Å²) in [5, 5.41) is 0.822. The van der Waals surface area contributed by atoms with E-state index >= 15 is 0 Å². The first-order chi connectivity index (χ1) is 10.1. The fourth-order valence-electron chi connectivity index (χ4n) is 2.42. The number of anilines is 1. The monoisotopic (exact) mass is 321 g/mol. The summed E-state index contributed by atoms with van der Waals surface area (Å²) in [6.07, 6.45) is 3.56. The third-order valence-corrected chi connectivity index (χ3v) is 6.52. The molecule has 4 rings (SSSR count). The van der Waals surface area contributed by atoms with Gasteiger partial charge in [-0.25, -0.2) is 13.4 Å². The van der Waals surface area contributed by atoms with Crippen molar-refractivity contribution >= 4 is 27.5 Å². The van der Waals surface area contributed by atoms with Crippen LogP contribution in [0.2, 0.25) is 0 Å². The molecule has 1 aromatic heterocycles. The Kier molecular flexibility index (Phi) is 3.00. The lowest BCUT2D eigenvalue weighted by Gasteiger charge is -2.07. The van der Waals surface area contributed by atoms with Gasteiger partial charge in [0.15, 0.2) is 5.16 Å². The van der Waals surface area contributed by atoms with Gasteiger partial charge < -0.3 is 4.57 Å². The second-order valence-corrected chi connectivity index (χ2v) is 8.40. The average Bonchev–Trinajstić information content (AvgIpc) is 3.09. The molecular weight excluding hydrogens is 306 g/mol. The minimum Gasteiger partial charge on any atom is -0.325 e. The first-order valence-corrected chi connectivity index (χ1v) is 9.47.